The van der Waals surface area contributed by atoms with Crippen LogP contribution in [0.2, 0.25) is 0 Å². The molecule has 1 saturated carbocycles. The molecule has 0 radical (unpaired) electrons. The van der Waals surface area contributed by atoms with Crippen LogP contribution in [0.15, 0.2) is 58.3 Å². The molecule has 0 amide bonds. The van der Waals surface area contributed by atoms with Gasteiger partial charge >= 0.3 is 0 Å². The van der Waals surface area contributed by atoms with E-state index in [4.69, 9.17) is 9.88 Å². The van der Waals surface area contributed by atoms with Crippen LogP contribution in [-0.4, -0.2) is 34.3 Å². The quantitative estimate of drug-likeness (QED) is 0.700. The molecule has 2 N–H and O–H groups in total. The molecule has 1 fully saturated rings. The highest BCUT2D eigenvalue weighted by Gasteiger charge is 2.38. The Morgan fingerprint density at radius 1 is 1.07 bits per heavy atom. The van der Waals surface area contributed by atoms with Crippen LogP contribution in [0, 0.1) is 5.92 Å². The summed E-state index contributed by atoms with van der Waals surface area (Å²) in [6, 6.07) is 12.2. The lowest BCUT2D eigenvalue weighted by molar-refractivity contribution is 0.303. The van der Waals surface area contributed by atoms with Crippen molar-refractivity contribution in [2.75, 3.05) is 7.11 Å². The summed E-state index contributed by atoms with van der Waals surface area (Å²) in [5.74, 6) is 0.990. The van der Waals surface area contributed by atoms with E-state index in [1.807, 2.05) is 19.1 Å². The fraction of sp³-hybridized carbons (Fsp3) is 0.368. The molecule has 1 aliphatic carbocycles. The van der Waals surface area contributed by atoms with E-state index in [0.29, 0.717) is 11.7 Å². The van der Waals surface area contributed by atoms with Gasteiger partial charge in [0.2, 0.25) is 20.0 Å². The number of rotatable bonds is 8. The summed E-state index contributed by atoms with van der Waals surface area (Å²) in [6.45, 7) is 2.08. The number of methoxy groups -OCH3 is 1. The zero-order chi connectivity index (χ0) is 20.5. The van der Waals surface area contributed by atoms with Crippen molar-refractivity contribution in [1.29, 1.82) is 0 Å². The Morgan fingerprint density at radius 3 is 2.21 bits per heavy atom. The first-order valence-corrected chi connectivity index (χ1v) is 11.9. The van der Waals surface area contributed by atoms with Crippen LogP contribution in [0.4, 0.5) is 0 Å². The normalized spacial score (nSPS) is 16.1. The molecule has 1 aliphatic rings. The summed E-state index contributed by atoms with van der Waals surface area (Å²) in [5.41, 5.74) is 0.819. The average Bonchev–Trinajstić information content (AvgIpc) is 3.50. The minimum atomic E-state index is -4.00. The molecule has 2 aromatic carbocycles. The molecular weight excluding hydrogens is 400 g/mol. The molecule has 28 heavy (non-hydrogen) atoms. The summed E-state index contributed by atoms with van der Waals surface area (Å²) in [5, 5.41) is 5.17. The third-order valence-electron chi connectivity index (χ3n) is 5.00. The molecule has 0 spiro atoms. The predicted octanol–water partition coefficient (Wildman–Crippen LogP) is 2.33. The lowest BCUT2D eigenvalue weighted by Crippen LogP contribution is -2.39. The standard InChI is InChI=1S/C19H24N2O5S2/c1-14(16-8-9-16)21(13-15-6-10-17(26-2)11-7-15)28(24,25)19-5-3-4-18(12-19)27(20,22)23/h3-7,10-12,14,16H,8-9,13H2,1-2H3,(H2,20,22,23). The molecule has 1 atom stereocenters. The topological polar surface area (TPSA) is 107 Å². The molecule has 0 heterocycles. The van der Waals surface area contributed by atoms with E-state index in [-0.39, 0.29) is 22.4 Å². The van der Waals surface area contributed by atoms with Crippen molar-refractivity contribution in [2.24, 2.45) is 11.1 Å². The van der Waals surface area contributed by atoms with Gasteiger partial charge in [-0.1, -0.05) is 18.2 Å². The van der Waals surface area contributed by atoms with Crippen molar-refractivity contribution in [3.8, 4) is 5.75 Å². The maximum absolute atomic E-state index is 13.4. The predicted molar refractivity (Wildman–Crippen MR) is 106 cm³/mol. The van der Waals surface area contributed by atoms with Crippen molar-refractivity contribution < 1.29 is 21.6 Å². The van der Waals surface area contributed by atoms with Crippen molar-refractivity contribution in [3.05, 3.63) is 54.1 Å². The Labute approximate surface area is 166 Å². The molecule has 0 aliphatic heterocycles. The Bertz CT molecular complexity index is 1050. The second kappa shape index (κ2) is 7.82. The van der Waals surface area contributed by atoms with Gasteiger partial charge in [-0.2, -0.15) is 4.31 Å². The number of ether oxygens (including phenoxy) is 1. The first-order valence-electron chi connectivity index (χ1n) is 8.90. The highest BCUT2D eigenvalue weighted by molar-refractivity contribution is 7.90. The Kier molecular flexibility index (Phi) is 5.81. The maximum Gasteiger partial charge on any atom is 0.243 e. The highest BCUT2D eigenvalue weighted by Crippen LogP contribution is 2.38. The van der Waals surface area contributed by atoms with E-state index < -0.39 is 20.0 Å². The minimum absolute atomic E-state index is 0.0833. The Balaban J connectivity index is 1.98. The van der Waals surface area contributed by atoms with Crippen molar-refractivity contribution in [1.82, 2.24) is 4.31 Å². The van der Waals surface area contributed by atoms with Gasteiger partial charge in [-0.25, -0.2) is 22.0 Å². The van der Waals surface area contributed by atoms with Crippen LogP contribution in [0.25, 0.3) is 0 Å². The second-order valence-electron chi connectivity index (χ2n) is 7.00. The van der Waals surface area contributed by atoms with E-state index in [0.717, 1.165) is 24.5 Å². The number of sulfonamides is 2. The number of nitrogens with zero attached hydrogens (tertiary/aromatic N) is 1. The molecule has 152 valence electrons. The van der Waals surface area contributed by atoms with Gasteiger partial charge in [0.05, 0.1) is 16.9 Å². The maximum atomic E-state index is 13.4. The van der Waals surface area contributed by atoms with E-state index in [1.54, 1.807) is 19.2 Å². The van der Waals surface area contributed by atoms with Gasteiger partial charge in [-0.15, -0.1) is 0 Å². The largest absolute Gasteiger partial charge is 0.497 e. The van der Waals surface area contributed by atoms with Gasteiger partial charge in [-0.05, 0) is 61.6 Å². The van der Waals surface area contributed by atoms with E-state index >= 15 is 0 Å². The lowest BCUT2D eigenvalue weighted by atomic mass is 10.1. The van der Waals surface area contributed by atoms with E-state index in [1.165, 1.54) is 22.5 Å². The van der Waals surface area contributed by atoms with Crippen molar-refractivity contribution >= 4 is 20.0 Å². The van der Waals surface area contributed by atoms with E-state index in [2.05, 4.69) is 0 Å². The highest BCUT2D eigenvalue weighted by atomic mass is 32.2. The average molecular weight is 425 g/mol. The summed E-state index contributed by atoms with van der Waals surface area (Å²) in [7, 11) is -6.35. The van der Waals surface area contributed by atoms with Crippen LogP contribution in [0.5, 0.6) is 5.75 Å². The number of benzene rings is 2. The molecule has 3 rings (SSSR count). The molecule has 0 bridgehead atoms. The minimum Gasteiger partial charge on any atom is -0.497 e. The molecular formula is C19H24N2O5S2. The SMILES string of the molecule is COc1ccc(CN(C(C)C2CC2)S(=O)(=O)c2cccc(S(N)(=O)=O)c2)cc1. The summed E-state index contributed by atoms with van der Waals surface area (Å²) in [4.78, 5) is -0.308. The first-order chi connectivity index (χ1) is 13.1. The smallest absolute Gasteiger partial charge is 0.243 e. The molecule has 1 unspecified atom stereocenters. The zero-order valence-electron chi connectivity index (χ0n) is 15.8. The molecule has 0 aromatic heterocycles. The van der Waals surface area contributed by atoms with Gasteiger partial charge in [0.25, 0.3) is 0 Å². The zero-order valence-corrected chi connectivity index (χ0v) is 17.4. The summed E-state index contributed by atoms with van der Waals surface area (Å²) >= 11 is 0. The van der Waals surface area contributed by atoms with Crippen LogP contribution < -0.4 is 9.88 Å². The number of nitrogens with two attached hydrogens (primary N) is 1. The second-order valence-corrected chi connectivity index (χ2v) is 10.4. The Hall–Kier alpha value is -1.94. The van der Waals surface area contributed by atoms with Crippen molar-refractivity contribution in [2.45, 2.75) is 42.1 Å². The third kappa shape index (κ3) is 4.54. The molecule has 0 saturated heterocycles. The number of primary sulfonamides is 1. The summed E-state index contributed by atoms with van der Waals surface area (Å²) in [6.07, 6.45) is 1.96. The molecule has 9 heteroatoms. The third-order valence-corrected chi connectivity index (χ3v) is 7.84. The van der Waals surface area contributed by atoms with Crippen LogP contribution in [0.3, 0.4) is 0 Å². The lowest BCUT2D eigenvalue weighted by Gasteiger charge is -2.29. The van der Waals surface area contributed by atoms with Gasteiger partial charge in [0.1, 0.15) is 5.75 Å². The van der Waals surface area contributed by atoms with Gasteiger partial charge in [0, 0.05) is 12.6 Å². The number of hydrogen-bond acceptors (Lipinski definition) is 5. The molecule has 7 nitrogen and oxygen atoms in total. The summed E-state index contributed by atoms with van der Waals surface area (Å²) < 4.78 is 56.6. The van der Waals surface area contributed by atoms with Gasteiger partial charge in [0.15, 0.2) is 0 Å². The van der Waals surface area contributed by atoms with Gasteiger partial charge < -0.3 is 4.74 Å². The number of hydrogen-bond donors (Lipinski definition) is 1. The van der Waals surface area contributed by atoms with Crippen LogP contribution in [0.1, 0.15) is 25.3 Å². The van der Waals surface area contributed by atoms with Crippen LogP contribution >= 0.6 is 0 Å². The van der Waals surface area contributed by atoms with Gasteiger partial charge in [-0.3, -0.25) is 0 Å². The van der Waals surface area contributed by atoms with Crippen LogP contribution in [-0.2, 0) is 26.6 Å². The first kappa shape index (κ1) is 20.8. The fourth-order valence-electron chi connectivity index (χ4n) is 3.12. The fourth-order valence-corrected chi connectivity index (χ4v) is 5.48. The monoisotopic (exact) mass is 424 g/mol. The van der Waals surface area contributed by atoms with E-state index in [9.17, 15) is 16.8 Å². The Morgan fingerprint density at radius 2 is 1.68 bits per heavy atom. The van der Waals surface area contributed by atoms with Crippen molar-refractivity contribution in [3.63, 3.8) is 0 Å². The molecule has 2 aromatic rings.